The molecule has 2 aromatic heterocycles. The Labute approximate surface area is 146 Å². The average molecular weight is 356 g/mol. The highest BCUT2D eigenvalue weighted by atomic mass is 19.3. The second-order valence-electron chi connectivity index (χ2n) is 5.86. The van der Waals surface area contributed by atoms with E-state index < -0.39 is 5.92 Å². The van der Waals surface area contributed by atoms with Crippen LogP contribution >= 0.6 is 0 Å². The van der Waals surface area contributed by atoms with Gasteiger partial charge in [-0.05, 0) is 42.5 Å². The third-order valence-corrected chi connectivity index (χ3v) is 3.92. The molecule has 0 aliphatic carbocycles. The molecule has 132 valence electrons. The summed E-state index contributed by atoms with van der Waals surface area (Å²) in [5.74, 6) is -1.99. The van der Waals surface area contributed by atoms with Crippen molar-refractivity contribution in [3.05, 3.63) is 48.3 Å². The number of methoxy groups -OCH3 is 1. The Hall–Kier alpha value is -3.29. The van der Waals surface area contributed by atoms with Gasteiger partial charge in [-0.1, -0.05) is 5.16 Å². The molecule has 0 aliphatic heterocycles. The molecule has 4 aromatic rings. The quantitative estimate of drug-likeness (QED) is 0.586. The first-order valence-electron chi connectivity index (χ1n) is 7.80. The number of aromatic nitrogens is 4. The number of aromatic amines is 1. The summed E-state index contributed by atoms with van der Waals surface area (Å²) < 4.78 is 37.3. The topological polar surface area (TPSA) is 76.8 Å². The summed E-state index contributed by atoms with van der Waals surface area (Å²) in [5, 5.41) is 3.97. The van der Waals surface area contributed by atoms with E-state index in [0.29, 0.717) is 22.4 Å². The zero-order chi connectivity index (χ0) is 18.3. The molecule has 2 aromatic carbocycles. The van der Waals surface area contributed by atoms with Crippen LogP contribution in [0.1, 0.15) is 12.7 Å². The van der Waals surface area contributed by atoms with Gasteiger partial charge in [-0.2, -0.15) is 13.8 Å². The maximum Gasteiger partial charge on any atom is 0.301 e. The van der Waals surface area contributed by atoms with Gasteiger partial charge in [0, 0.05) is 18.1 Å². The van der Waals surface area contributed by atoms with Crippen molar-refractivity contribution < 1.29 is 18.0 Å². The van der Waals surface area contributed by atoms with Gasteiger partial charge < -0.3 is 14.2 Å². The number of halogens is 2. The summed E-state index contributed by atoms with van der Waals surface area (Å²) in [7, 11) is 1.59. The Morgan fingerprint density at radius 3 is 2.46 bits per heavy atom. The maximum atomic E-state index is 13.4. The number of nitrogens with zero attached hydrogens (tertiary/aromatic N) is 3. The van der Waals surface area contributed by atoms with Crippen LogP contribution in [-0.4, -0.2) is 27.2 Å². The summed E-state index contributed by atoms with van der Waals surface area (Å²) in [5.41, 5.74) is 2.29. The Morgan fingerprint density at radius 1 is 1.04 bits per heavy atom. The first-order chi connectivity index (χ1) is 12.4. The average Bonchev–Trinajstić information content (AvgIpc) is 3.28. The zero-order valence-corrected chi connectivity index (χ0v) is 14.0. The van der Waals surface area contributed by atoms with Gasteiger partial charge in [0.15, 0.2) is 5.82 Å². The van der Waals surface area contributed by atoms with Crippen molar-refractivity contribution >= 4 is 11.0 Å². The molecule has 0 amide bonds. The molecule has 1 N–H and O–H groups in total. The highest BCUT2D eigenvalue weighted by Crippen LogP contribution is 2.29. The lowest BCUT2D eigenvalue weighted by atomic mass is 10.2. The van der Waals surface area contributed by atoms with Crippen LogP contribution in [0.15, 0.2) is 47.0 Å². The molecule has 2 heterocycles. The van der Waals surface area contributed by atoms with Crippen LogP contribution in [0, 0.1) is 0 Å². The fourth-order valence-corrected chi connectivity index (χ4v) is 2.54. The highest BCUT2D eigenvalue weighted by Gasteiger charge is 2.28. The third-order valence-electron chi connectivity index (χ3n) is 3.92. The number of imidazole rings is 1. The van der Waals surface area contributed by atoms with Crippen molar-refractivity contribution in [2.75, 3.05) is 7.11 Å². The number of nitrogens with one attached hydrogen (secondary N) is 1. The van der Waals surface area contributed by atoms with Gasteiger partial charge in [-0.3, -0.25) is 0 Å². The molecule has 0 aliphatic rings. The number of hydrogen-bond donors (Lipinski definition) is 1. The fraction of sp³-hybridized carbons (Fsp3) is 0.167. The minimum atomic E-state index is -3.04. The minimum Gasteiger partial charge on any atom is -0.497 e. The Kier molecular flexibility index (Phi) is 3.68. The molecule has 0 saturated heterocycles. The van der Waals surface area contributed by atoms with Gasteiger partial charge >= 0.3 is 5.92 Å². The largest absolute Gasteiger partial charge is 0.497 e. The SMILES string of the molecule is COc1ccc(-c2noc(-c3ccc4[nH]c(C(C)(F)F)nc4c3)n2)cc1. The van der Waals surface area contributed by atoms with E-state index in [1.54, 1.807) is 37.4 Å². The third kappa shape index (κ3) is 2.90. The number of hydrogen-bond acceptors (Lipinski definition) is 5. The lowest BCUT2D eigenvalue weighted by molar-refractivity contribution is 0.00890. The van der Waals surface area contributed by atoms with E-state index in [0.717, 1.165) is 18.2 Å². The van der Waals surface area contributed by atoms with Gasteiger partial charge in [-0.25, -0.2) is 4.98 Å². The summed E-state index contributed by atoms with van der Waals surface area (Å²) in [6, 6.07) is 12.2. The maximum absolute atomic E-state index is 13.4. The van der Waals surface area contributed by atoms with Gasteiger partial charge in [0.1, 0.15) is 5.75 Å². The number of fused-ring (bicyclic) bond motifs is 1. The Morgan fingerprint density at radius 2 is 1.77 bits per heavy atom. The summed E-state index contributed by atoms with van der Waals surface area (Å²) >= 11 is 0. The zero-order valence-electron chi connectivity index (χ0n) is 14.0. The summed E-state index contributed by atoms with van der Waals surface area (Å²) in [6.07, 6.45) is 0. The Bertz CT molecular complexity index is 1060. The summed E-state index contributed by atoms with van der Waals surface area (Å²) in [4.78, 5) is 10.9. The molecule has 8 heteroatoms. The van der Waals surface area contributed by atoms with Crippen molar-refractivity contribution in [3.8, 4) is 28.6 Å². The molecule has 0 unspecified atom stereocenters. The molecule has 26 heavy (non-hydrogen) atoms. The van der Waals surface area contributed by atoms with Crippen molar-refractivity contribution in [1.29, 1.82) is 0 Å². The van der Waals surface area contributed by atoms with Gasteiger partial charge in [-0.15, -0.1) is 0 Å². The molecule has 4 rings (SSSR count). The standard InChI is InChI=1S/C18H14F2N4O2/c1-18(19,20)17-21-13-8-5-11(9-14(13)22-17)16-23-15(24-26-16)10-3-6-12(25-2)7-4-10/h3-9H,1-2H3,(H,21,22). The predicted octanol–water partition coefficient (Wildman–Crippen LogP) is 4.40. The molecule has 6 nitrogen and oxygen atoms in total. The van der Waals surface area contributed by atoms with Crippen molar-refractivity contribution in [3.63, 3.8) is 0 Å². The van der Waals surface area contributed by atoms with Gasteiger partial charge in [0.2, 0.25) is 5.82 Å². The number of H-pyrrole nitrogens is 1. The van der Waals surface area contributed by atoms with E-state index >= 15 is 0 Å². The molecular weight excluding hydrogens is 342 g/mol. The van der Waals surface area contributed by atoms with Crippen molar-refractivity contribution in [2.45, 2.75) is 12.8 Å². The normalized spacial score (nSPS) is 11.8. The number of rotatable bonds is 4. The van der Waals surface area contributed by atoms with Gasteiger partial charge in [0.25, 0.3) is 5.89 Å². The Balaban J connectivity index is 1.68. The molecule has 0 atom stereocenters. The predicted molar refractivity (Wildman–Crippen MR) is 90.9 cm³/mol. The smallest absolute Gasteiger partial charge is 0.301 e. The van der Waals surface area contributed by atoms with Crippen molar-refractivity contribution in [1.82, 2.24) is 20.1 Å². The second kappa shape index (κ2) is 5.91. The molecule has 0 fully saturated rings. The minimum absolute atomic E-state index is 0.283. The molecule has 0 saturated carbocycles. The molecule has 0 radical (unpaired) electrons. The van der Waals surface area contributed by atoms with Crippen LogP contribution in [0.3, 0.4) is 0 Å². The van der Waals surface area contributed by atoms with Crippen LogP contribution in [0.2, 0.25) is 0 Å². The number of benzene rings is 2. The fourth-order valence-electron chi connectivity index (χ4n) is 2.54. The van der Waals surface area contributed by atoms with Crippen LogP contribution < -0.4 is 4.74 Å². The lowest BCUT2D eigenvalue weighted by Gasteiger charge is -2.03. The summed E-state index contributed by atoms with van der Waals surface area (Å²) in [6.45, 7) is 0.796. The first-order valence-corrected chi connectivity index (χ1v) is 7.80. The first kappa shape index (κ1) is 16.2. The van der Waals surface area contributed by atoms with E-state index in [4.69, 9.17) is 9.26 Å². The van der Waals surface area contributed by atoms with Gasteiger partial charge in [0.05, 0.1) is 18.1 Å². The van der Waals surface area contributed by atoms with Crippen LogP contribution in [0.25, 0.3) is 33.9 Å². The van der Waals surface area contributed by atoms with E-state index in [2.05, 4.69) is 20.1 Å². The molecule has 0 bridgehead atoms. The van der Waals surface area contributed by atoms with E-state index in [1.807, 2.05) is 12.1 Å². The van der Waals surface area contributed by atoms with Crippen LogP contribution in [-0.2, 0) is 5.92 Å². The van der Waals surface area contributed by atoms with Crippen molar-refractivity contribution in [2.24, 2.45) is 0 Å². The number of ether oxygens (including phenoxy) is 1. The van der Waals surface area contributed by atoms with E-state index in [1.165, 1.54) is 0 Å². The van der Waals surface area contributed by atoms with Crippen LogP contribution in [0.5, 0.6) is 5.75 Å². The monoisotopic (exact) mass is 356 g/mol. The number of alkyl halides is 2. The highest BCUT2D eigenvalue weighted by molar-refractivity contribution is 5.80. The van der Waals surface area contributed by atoms with E-state index in [-0.39, 0.29) is 11.7 Å². The van der Waals surface area contributed by atoms with E-state index in [9.17, 15) is 8.78 Å². The lowest BCUT2D eigenvalue weighted by Crippen LogP contribution is -2.08. The second-order valence-corrected chi connectivity index (χ2v) is 5.86. The molecular formula is C18H14F2N4O2. The van der Waals surface area contributed by atoms with Crippen LogP contribution in [0.4, 0.5) is 8.78 Å². The molecule has 0 spiro atoms.